The summed E-state index contributed by atoms with van der Waals surface area (Å²) >= 11 is 0. The van der Waals surface area contributed by atoms with E-state index in [4.69, 9.17) is 0 Å². The highest BCUT2D eigenvalue weighted by Gasteiger charge is 2.30. The van der Waals surface area contributed by atoms with Gasteiger partial charge in [0.15, 0.2) is 0 Å². The molecule has 0 saturated carbocycles. The molecule has 7 nitrogen and oxygen atoms in total. The molecular weight excluding hydrogens is 318 g/mol. The van der Waals surface area contributed by atoms with E-state index in [1.54, 1.807) is 10.7 Å². The molecule has 3 N–H and O–H groups in total. The molecular formula is C18H29N5O2. The number of H-pyrrole nitrogens is 1. The molecule has 1 unspecified atom stereocenters. The van der Waals surface area contributed by atoms with Crippen LogP contribution in [0.1, 0.15) is 49.6 Å². The summed E-state index contributed by atoms with van der Waals surface area (Å²) in [7, 11) is 1.88. The van der Waals surface area contributed by atoms with Crippen molar-refractivity contribution in [3.8, 4) is 11.3 Å². The minimum absolute atomic E-state index is 0.127. The summed E-state index contributed by atoms with van der Waals surface area (Å²) in [5.41, 5.74) is 3.50. The molecule has 25 heavy (non-hydrogen) atoms. The number of aromatic nitrogens is 4. The third-order valence-electron chi connectivity index (χ3n) is 4.72. The van der Waals surface area contributed by atoms with Crippen molar-refractivity contribution in [3.63, 3.8) is 0 Å². The van der Waals surface area contributed by atoms with Crippen molar-refractivity contribution in [2.45, 2.75) is 47.6 Å². The van der Waals surface area contributed by atoms with Crippen LogP contribution in [0.4, 0.5) is 0 Å². The minimum Gasteiger partial charge on any atom is -0.392 e. The fourth-order valence-electron chi connectivity index (χ4n) is 3.12. The zero-order valence-electron chi connectivity index (χ0n) is 16.1. The molecule has 0 aliphatic heterocycles. The Morgan fingerprint density at radius 2 is 2.04 bits per heavy atom. The zero-order chi connectivity index (χ0) is 18.9. The first-order valence-corrected chi connectivity index (χ1v) is 8.57. The van der Waals surface area contributed by atoms with Gasteiger partial charge in [-0.05, 0) is 25.8 Å². The fourth-order valence-corrected chi connectivity index (χ4v) is 3.12. The predicted octanol–water partition coefficient (Wildman–Crippen LogP) is 2.20. The summed E-state index contributed by atoms with van der Waals surface area (Å²) in [6.45, 7) is 12.1. The molecule has 2 aromatic rings. The Labute approximate surface area is 148 Å². The van der Waals surface area contributed by atoms with E-state index >= 15 is 0 Å². The Bertz CT molecular complexity index is 758. The molecule has 1 amide bonds. The van der Waals surface area contributed by atoms with E-state index in [-0.39, 0.29) is 11.8 Å². The summed E-state index contributed by atoms with van der Waals surface area (Å²) in [5.74, 6) is -0.107. The molecule has 7 heteroatoms. The SMILES string of the molecule is Cc1nn(C)c(C)c1-c1cc(C(=O)NCC(C)(C)C(O)C(C)C)[nH]n1. The van der Waals surface area contributed by atoms with Gasteiger partial charge in [-0.2, -0.15) is 10.2 Å². The maximum absolute atomic E-state index is 12.4. The van der Waals surface area contributed by atoms with Crippen LogP contribution in [0.25, 0.3) is 11.3 Å². The maximum atomic E-state index is 12.4. The van der Waals surface area contributed by atoms with Crippen LogP contribution in [-0.4, -0.2) is 43.6 Å². The first-order chi connectivity index (χ1) is 11.5. The number of aryl methyl sites for hydroxylation is 2. The van der Waals surface area contributed by atoms with E-state index < -0.39 is 11.5 Å². The van der Waals surface area contributed by atoms with Gasteiger partial charge in [-0.3, -0.25) is 14.6 Å². The molecule has 0 radical (unpaired) electrons. The molecule has 1 atom stereocenters. The van der Waals surface area contributed by atoms with E-state index in [0.29, 0.717) is 17.9 Å². The van der Waals surface area contributed by atoms with Gasteiger partial charge in [0.1, 0.15) is 5.69 Å². The second-order valence-corrected chi connectivity index (χ2v) is 7.70. The summed E-state index contributed by atoms with van der Waals surface area (Å²) in [5, 5.41) is 24.6. The van der Waals surface area contributed by atoms with Gasteiger partial charge < -0.3 is 10.4 Å². The number of nitrogens with zero attached hydrogens (tertiary/aromatic N) is 3. The molecule has 0 aromatic carbocycles. The van der Waals surface area contributed by atoms with Crippen LogP contribution in [0.5, 0.6) is 0 Å². The maximum Gasteiger partial charge on any atom is 0.269 e. The number of nitrogens with one attached hydrogen (secondary N) is 2. The van der Waals surface area contributed by atoms with Gasteiger partial charge in [-0.25, -0.2) is 0 Å². The first kappa shape index (κ1) is 19.2. The highest BCUT2D eigenvalue weighted by atomic mass is 16.3. The third-order valence-corrected chi connectivity index (χ3v) is 4.72. The lowest BCUT2D eigenvalue weighted by atomic mass is 9.80. The van der Waals surface area contributed by atoms with Gasteiger partial charge in [-0.1, -0.05) is 27.7 Å². The monoisotopic (exact) mass is 347 g/mol. The number of rotatable bonds is 6. The molecule has 2 heterocycles. The summed E-state index contributed by atoms with van der Waals surface area (Å²) < 4.78 is 1.80. The number of carbonyl (C=O) groups excluding carboxylic acids is 1. The number of aromatic amines is 1. The Morgan fingerprint density at radius 1 is 1.40 bits per heavy atom. The summed E-state index contributed by atoms with van der Waals surface area (Å²) in [6, 6.07) is 1.73. The van der Waals surface area contributed by atoms with E-state index in [0.717, 1.165) is 17.0 Å². The van der Waals surface area contributed by atoms with Gasteiger partial charge in [0.05, 0.1) is 17.5 Å². The zero-order valence-corrected chi connectivity index (χ0v) is 16.1. The molecule has 0 bridgehead atoms. The van der Waals surface area contributed by atoms with E-state index in [2.05, 4.69) is 20.6 Å². The van der Waals surface area contributed by atoms with Gasteiger partial charge in [-0.15, -0.1) is 0 Å². The molecule has 0 aliphatic carbocycles. The second-order valence-electron chi connectivity index (χ2n) is 7.70. The highest BCUT2D eigenvalue weighted by molar-refractivity contribution is 5.93. The van der Waals surface area contributed by atoms with E-state index in [9.17, 15) is 9.90 Å². The number of amides is 1. The number of hydrogen-bond donors (Lipinski definition) is 3. The Kier molecular flexibility index (Phi) is 5.37. The van der Waals surface area contributed by atoms with Crippen LogP contribution in [0.3, 0.4) is 0 Å². The van der Waals surface area contributed by atoms with Crippen molar-refractivity contribution in [2.24, 2.45) is 18.4 Å². The average Bonchev–Trinajstić information content (AvgIpc) is 3.09. The van der Waals surface area contributed by atoms with Crippen molar-refractivity contribution in [3.05, 3.63) is 23.1 Å². The van der Waals surface area contributed by atoms with Gasteiger partial charge in [0.25, 0.3) is 5.91 Å². The normalized spacial score (nSPS) is 13.3. The van der Waals surface area contributed by atoms with Crippen molar-refractivity contribution in [2.75, 3.05) is 6.54 Å². The Balaban J connectivity index is 2.11. The standard InChI is InChI=1S/C18H29N5O2/c1-10(2)16(24)18(5,6)9-19-17(25)14-8-13(20-21-14)15-11(3)22-23(7)12(15)4/h8,10,16,24H,9H2,1-7H3,(H,19,25)(H,20,21). The number of aliphatic hydroxyl groups excluding tert-OH is 1. The number of aliphatic hydroxyl groups is 1. The second kappa shape index (κ2) is 7.00. The lowest BCUT2D eigenvalue weighted by molar-refractivity contribution is 0.0138. The summed E-state index contributed by atoms with van der Waals surface area (Å²) in [6.07, 6.45) is -0.495. The van der Waals surface area contributed by atoms with Crippen LogP contribution in [0.2, 0.25) is 0 Å². The molecule has 138 valence electrons. The highest BCUT2D eigenvalue weighted by Crippen LogP contribution is 2.26. The van der Waals surface area contributed by atoms with Gasteiger partial charge in [0, 0.05) is 30.3 Å². The lowest BCUT2D eigenvalue weighted by Crippen LogP contribution is -2.43. The van der Waals surface area contributed by atoms with Crippen LogP contribution in [0, 0.1) is 25.2 Å². The quantitative estimate of drug-likeness (QED) is 0.746. The molecule has 0 saturated heterocycles. The van der Waals surface area contributed by atoms with Gasteiger partial charge >= 0.3 is 0 Å². The molecule has 0 aliphatic rings. The lowest BCUT2D eigenvalue weighted by Gasteiger charge is -2.33. The predicted molar refractivity (Wildman–Crippen MR) is 97.2 cm³/mol. The minimum atomic E-state index is -0.495. The van der Waals surface area contributed by atoms with Crippen LogP contribution < -0.4 is 5.32 Å². The smallest absolute Gasteiger partial charge is 0.269 e. The van der Waals surface area contributed by atoms with E-state index in [1.807, 2.05) is 48.6 Å². The van der Waals surface area contributed by atoms with Crippen molar-refractivity contribution < 1.29 is 9.90 Å². The van der Waals surface area contributed by atoms with E-state index in [1.165, 1.54) is 0 Å². The topological polar surface area (TPSA) is 95.8 Å². The summed E-state index contributed by atoms with van der Waals surface area (Å²) in [4.78, 5) is 12.4. The Hall–Kier alpha value is -2.15. The molecule has 2 aromatic heterocycles. The van der Waals surface area contributed by atoms with Crippen molar-refractivity contribution >= 4 is 5.91 Å². The largest absolute Gasteiger partial charge is 0.392 e. The van der Waals surface area contributed by atoms with Crippen LogP contribution in [-0.2, 0) is 7.05 Å². The first-order valence-electron chi connectivity index (χ1n) is 8.57. The van der Waals surface area contributed by atoms with Crippen LogP contribution >= 0.6 is 0 Å². The number of carbonyl (C=O) groups is 1. The molecule has 2 rings (SSSR count). The molecule has 0 fully saturated rings. The fraction of sp³-hybridized carbons (Fsp3) is 0.611. The number of hydrogen-bond acceptors (Lipinski definition) is 4. The van der Waals surface area contributed by atoms with Crippen LogP contribution in [0.15, 0.2) is 6.07 Å². The molecule has 0 spiro atoms. The van der Waals surface area contributed by atoms with Crippen molar-refractivity contribution in [1.82, 2.24) is 25.3 Å². The Morgan fingerprint density at radius 3 is 2.56 bits per heavy atom. The van der Waals surface area contributed by atoms with Crippen molar-refractivity contribution in [1.29, 1.82) is 0 Å². The average molecular weight is 347 g/mol. The van der Waals surface area contributed by atoms with Gasteiger partial charge in [0.2, 0.25) is 0 Å². The third kappa shape index (κ3) is 3.92.